The van der Waals surface area contributed by atoms with E-state index in [0.29, 0.717) is 30.3 Å². The molecule has 27 heavy (non-hydrogen) atoms. The number of methoxy groups -OCH3 is 2. The van der Waals surface area contributed by atoms with E-state index in [-0.39, 0.29) is 17.2 Å². The topological polar surface area (TPSA) is 102 Å². The Hall–Kier alpha value is -3.00. The molecule has 1 aromatic heterocycles. The molecule has 0 bridgehead atoms. The van der Waals surface area contributed by atoms with Gasteiger partial charge in [-0.3, -0.25) is 9.59 Å². The molecule has 0 aliphatic heterocycles. The maximum Gasteiger partial charge on any atom is 0.291 e. The summed E-state index contributed by atoms with van der Waals surface area (Å²) in [7, 11) is 2.96. The van der Waals surface area contributed by atoms with Gasteiger partial charge in [-0.25, -0.2) is 0 Å². The number of hydrogen-bond donors (Lipinski definition) is 3. The van der Waals surface area contributed by atoms with Crippen molar-refractivity contribution in [2.45, 2.75) is 13.3 Å². The summed E-state index contributed by atoms with van der Waals surface area (Å²) in [6.45, 7) is 4.07. The molecule has 0 fully saturated rings. The van der Waals surface area contributed by atoms with Gasteiger partial charge < -0.3 is 29.8 Å². The summed E-state index contributed by atoms with van der Waals surface area (Å²) < 4.78 is 15.6. The molecule has 3 N–H and O–H groups in total. The van der Waals surface area contributed by atoms with Gasteiger partial charge in [0.05, 0.1) is 31.7 Å². The second-order valence-electron chi connectivity index (χ2n) is 5.69. The number of benzene rings is 1. The van der Waals surface area contributed by atoms with Crippen LogP contribution in [0.1, 0.15) is 34.3 Å². The van der Waals surface area contributed by atoms with E-state index in [1.807, 2.05) is 0 Å². The molecule has 2 rings (SSSR count). The van der Waals surface area contributed by atoms with E-state index in [2.05, 4.69) is 22.9 Å². The molecule has 0 atom stereocenters. The summed E-state index contributed by atoms with van der Waals surface area (Å²) in [6.07, 6.45) is 2.42. The third kappa shape index (κ3) is 5.49. The highest BCUT2D eigenvalue weighted by atomic mass is 16.5. The van der Waals surface area contributed by atoms with Crippen molar-refractivity contribution in [2.75, 3.05) is 39.2 Å². The quantitative estimate of drug-likeness (QED) is 0.551. The smallest absolute Gasteiger partial charge is 0.291 e. The van der Waals surface area contributed by atoms with Gasteiger partial charge in [-0.05, 0) is 31.2 Å². The molecular formula is C19H25N3O5. The van der Waals surface area contributed by atoms with Crippen LogP contribution in [0, 0.1) is 0 Å². The van der Waals surface area contributed by atoms with E-state index in [4.69, 9.17) is 13.9 Å². The van der Waals surface area contributed by atoms with Gasteiger partial charge in [0, 0.05) is 19.2 Å². The SMILES string of the molecule is CCCNCCNC(=O)c1cc(OC)c(OC)cc1NC(=O)c1ccco1. The highest BCUT2D eigenvalue weighted by molar-refractivity contribution is 6.08. The van der Waals surface area contributed by atoms with Gasteiger partial charge in [-0.15, -0.1) is 0 Å². The molecule has 0 aliphatic carbocycles. The Kier molecular flexibility index (Phi) is 7.69. The molecule has 8 heteroatoms. The van der Waals surface area contributed by atoms with Crippen LogP contribution in [0.25, 0.3) is 0 Å². The Balaban J connectivity index is 2.21. The van der Waals surface area contributed by atoms with Gasteiger partial charge in [0.2, 0.25) is 0 Å². The van der Waals surface area contributed by atoms with Crippen LogP contribution in [0.5, 0.6) is 11.5 Å². The highest BCUT2D eigenvalue weighted by Gasteiger charge is 2.19. The Bertz CT molecular complexity index is 759. The lowest BCUT2D eigenvalue weighted by Gasteiger charge is -2.15. The number of nitrogens with one attached hydrogen (secondary N) is 3. The maximum atomic E-state index is 12.6. The van der Waals surface area contributed by atoms with Crippen molar-refractivity contribution < 1.29 is 23.5 Å². The lowest BCUT2D eigenvalue weighted by atomic mass is 10.1. The van der Waals surface area contributed by atoms with Crippen molar-refractivity contribution in [3.8, 4) is 11.5 Å². The van der Waals surface area contributed by atoms with Gasteiger partial charge in [-0.2, -0.15) is 0 Å². The van der Waals surface area contributed by atoms with Crippen LogP contribution in [0.15, 0.2) is 34.9 Å². The van der Waals surface area contributed by atoms with Crippen LogP contribution in [-0.4, -0.2) is 45.7 Å². The maximum absolute atomic E-state index is 12.6. The minimum atomic E-state index is -0.467. The molecule has 0 aliphatic rings. The lowest BCUT2D eigenvalue weighted by Crippen LogP contribution is -2.32. The van der Waals surface area contributed by atoms with Crippen molar-refractivity contribution in [2.24, 2.45) is 0 Å². The summed E-state index contributed by atoms with van der Waals surface area (Å²) in [5.41, 5.74) is 0.566. The third-order valence-corrected chi connectivity index (χ3v) is 3.78. The molecular weight excluding hydrogens is 350 g/mol. The largest absolute Gasteiger partial charge is 0.493 e. The molecule has 0 saturated heterocycles. The van der Waals surface area contributed by atoms with E-state index >= 15 is 0 Å². The molecule has 0 saturated carbocycles. The molecule has 0 radical (unpaired) electrons. The van der Waals surface area contributed by atoms with Gasteiger partial charge >= 0.3 is 0 Å². The van der Waals surface area contributed by atoms with Crippen LogP contribution < -0.4 is 25.4 Å². The Labute approximate surface area is 158 Å². The predicted octanol–water partition coefficient (Wildman–Crippen LogP) is 2.28. The fourth-order valence-corrected chi connectivity index (χ4v) is 2.42. The van der Waals surface area contributed by atoms with Crippen LogP contribution >= 0.6 is 0 Å². The number of carbonyl (C=O) groups is 2. The normalized spacial score (nSPS) is 10.3. The first-order valence-electron chi connectivity index (χ1n) is 8.70. The monoisotopic (exact) mass is 375 g/mol. The first-order chi connectivity index (χ1) is 13.1. The number of rotatable bonds is 10. The van der Waals surface area contributed by atoms with Crippen LogP contribution in [0.3, 0.4) is 0 Å². The summed E-state index contributed by atoms with van der Waals surface area (Å²) in [6, 6.07) is 6.23. The lowest BCUT2D eigenvalue weighted by molar-refractivity contribution is 0.0954. The molecule has 146 valence electrons. The first kappa shape index (κ1) is 20.3. The van der Waals surface area contributed by atoms with Crippen LogP contribution in [0.4, 0.5) is 5.69 Å². The van der Waals surface area contributed by atoms with Gasteiger partial charge in [0.1, 0.15) is 0 Å². The van der Waals surface area contributed by atoms with Gasteiger partial charge in [0.25, 0.3) is 11.8 Å². The van der Waals surface area contributed by atoms with Gasteiger partial charge in [-0.1, -0.05) is 6.92 Å². The van der Waals surface area contributed by atoms with E-state index in [1.54, 1.807) is 12.1 Å². The molecule has 0 spiro atoms. The number of anilines is 1. The molecule has 8 nitrogen and oxygen atoms in total. The number of hydrogen-bond acceptors (Lipinski definition) is 6. The second kappa shape index (κ2) is 10.2. The van der Waals surface area contributed by atoms with Crippen molar-refractivity contribution >= 4 is 17.5 Å². The predicted molar refractivity (Wildman–Crippen MR) is 102 cm³/mol. The Morgan fingerprint density at radius 2 is 1.78 bits per heavy atom. The number of ether oxygens (including phenoxy) is 2. The first-order valence-corrected chi connectivity index (χ1v) is 8.70. The fraction of sp³-hybridized carbons (Fsp3) is 0.368. The highest BCUT2D eigenvalue weighted by Crippen LogP contribution is 2.33. The van der Waals surface area contributed by atoms with Crippen LogP contribution in [-0.2, 0) is 0 Å². The summed E-state index contributed by atoms with van der Waals surface area (Å²) in [5.74, 6) is 0.131. The zero-order valence-electron chi connectivity index (χ0n) is 15.8. The van der Waals surface area contributed by atoms with E-state index in [9.17, 15) is 9.59 Å². The fourth-order valence-electron chi connectivity index (χ4n) is 2.42. The average Bonchev–Trinajstić information content (AvgIpc) is 3.22. The average molecular weight is 375 g/mol. The number of carbonyl (C=O) groups excluding carboxylic acids is 2. The van der Waals surface area contributed by atoms with Crippen molar-refractivity contribution in [3.05, 3.63) is 41.9 Å². The molecule has 2 amide bonds. The molecule has 0 unspecified atom stereocenters. The molecule has 1 aromatic carbocycles. The zero-order valence-corrected chi connectivity index (χ0v) is 15.8. The minimum Gasteiger partial charge on any atom is -0.493 e. The summed E-state index contributed by atoms with van der Waals surface area (Å²) in [5, 5.41) is 8.71. The zero-order chi connectivity index (χ0) is 19.6. The standard InChI is InChI=1S/C19H25N3O5/c1-4-7-20-8-9-21-18(23)13-11-16(25-2)17(26-3)12-14(13)22-19(24)15-6-5-10-27-15/h5-6,10-12,20H,4,7-9H2,1-3H3,(H,21,23)(H,22,24). The van der Waals surface area contributed by atoms with E-state index in [0.717, 1.165) is 13.0 Å². The summed E-state index contributed by atoms with van der Waals surface area (Å²) in [4.78, 5) is 24.9. The number of amides is 2. The minimum absolute atomic E-state index is 0.139. The van der Waals surface area contributed by atoms with Crippen molar-refractivity contribution in [1.82, 2.24) is 10.6 Å². The third-order valence-electron chi connectivity index (χ3n) is 3.78. The van der Waals surface area contributed by atoms with Gasteiger partial charge in [0.15, 0.2) is 17.3 Å². The number of furan rings is 1. The molecule has 2 aromatic rings. The Morgan fingerprint density at radius 1 is 1.04 bits per heavy atom. The Morgan fingerprint density at radius 3 is 2.41 bits per heavy atom. The van der Waals surface area contributed by atoms with Crippen molar-refractivity contribution in [1.29, 1.82) is 0 Å². The summed E-state index contributed by atoms with van der Waals surface area (Å²) >= 11 is 0. The van der Waals surface area contributed by atoms with Crippen LogP contribution in [0.2, 0.25) is 0 Å². The second-order valence-corrected chi connectivity index (χ2v) is 5.69. The van der Waals surface area contributed by atoms with Crippen molar-refractivity contribution in [3.63, 3.8) is 0 Å². The van der Waals surface area contributed by atoms with E-state index < -0.39 is 5.91 Å². The molecule has 1 heterocycles. The van der Waals surface area contributed by atoms with E-state index in [1.165, 1.54) is 32.6 Å².